The fraction of sp³-hybridized carbons (Fsp3) is 0.133. The molecule has 0 aliphatic rings. The highest BCUT2D eigenvalue weighted by atomic mass is 32.2. The normalized spacial score (nSPS) is 11.4. The molecule has 126 valence electrons. The minimum Gasteiger partial charge on any atom is -0.493 e. The number of sulfonamides is 1. The molecule has 3 rings (SSSR count). The monoisotopic (exact) mass is 350 g/mol. The SMILES string of the molecule is COc1ccc(S(=O)(=O)Nc2cccc3[nH]c(=O)oc23)cc1OC. The van der Waals surface area contributed by atoms with Crippen molar-refractivity contribution in [2.75, 3.05) is 18.9 Å². The molecule has 0 fully saturated rings. The van der Waals surface area contributed by atoms with Crippen molar-refractivity contribution in [2.45, 2.75) is 4.90 Å². The Labute approximate surface area is 137 Å². The van der Waals surface area contributed by atoms with E-state index >= 15 is 0 Å². The standard InChI is InChI=1S/C15H14N2O6S/c1-21-12-7-6-9(8-13(12)22-2)24(19,20)17-11-5-3-4-10-14(11)23-15(18)16-10/h3-8,17H,1-2H3,(H,16,18). The summed E-state index contributed by atoms with van der Waals surface area (Å²) in [5.74, 6) is 0.0321. The number of rotatable bonds is 5. The van der Waals surface area contributed by atoms with Gasteiger partial charge in [-0.05, 0) is 24.3 Å². The number of oxazole rings is 1. The number of aromatic nitrogens is 1. The lowest BCUT2D eigenvalue weighted by molar-refractivity contribution is 0.354. The molecule has 0 amide bonds. The van der Waals surface area contributed by atoms with Crippen LogP contribution in [0.4, 0.5) is 5.69 Å². The van der Waals surface area contributed by atoms with Crippen LogP contribution in [0.3, 0.4) is 0 Å². The molecule has 3 aromatic rings. The molecule has 8 nitrogen and oxygen atoms in total. The third-order valence-corrected chi connectivity index (χ3v) is 4.72. The molecule has 0 aliphatic heterocycles. The molecule has 2 aromatic carbocycles. The van der Waals surface area contributed by atoms with E-state index in [4.69, 9.17) is 13.9 Å². The minimum absolute atomic E-state index is 0.0185. The molecule has 0 unspecified atom stereocenters. The molecule has 2 N–H and O–H groups in total. The zero-order chi connectivity index (χ0) is 17.3. The summed E-state index contributed by atoms with van der Waals surface area (Å²) < 4.78 is 42.7. The van der Waals surface area contributed by atoms with Crippen molar-refractivity contribution < 1.29 is 22.3 Å². The highest BCUT2D eigenvalue weighted by Gasteiger charge is 2.19. The summed E-state index contributed by atoms with van der Waals surface area (Å²) in [6.07, 6.45) is 0. The van der Waals surface area contributed by atoms with Crippen LogP contribution < -0.4 is 20.0 Å². The number of para-hydroxylation sites is 1. The van der Waals surface area contributed by atoms with E-state index < -0.39 is 15.8 Å². The summed E-state index contributed by atoms with van der Waals surface area (Å²) in [4.78, 5) is 13.7. The topological polar surface area (TPSA) is 111 Å². The predicted molar refractivity (Wildman–Crippen MR) is 87.2 cm³/mol. The largest absolute Gasteiger partial charge is 0.493 e. The van der Waals surface area contributed by atoms with Crippen molar-refractivity contribution >= 4 is 26.8 Å². The Bertz CT molecular complexity index is 1050. The molecule has 0 radical (unpaired) electrons. The average molecular weight is 350 g/mol. The zero-order valence-corrected chi connectivity index (χ0v) is 13.6. The van der Waals surface area contributed by atoms with Crippen LogP contribution in [0, 0.1) is 0 Å². The van der Waals surface area contributed by atoms with Gasteiger partial charge in [-0.3, -0.25) is 9.71 Å². The lowest BCUT2D eigenvalue weighted by Crippen LogP contribution is -2.13. The van der Waals surface area contributed by atoms with Gasteiger partial charge in [-0.1, -0.05) is 6.07 Å². The molecule has 0 saturated heterocycles. The number of H-pyrrole nitrogens is 1. The number of ether oxygens (including phenoxy) is 2. The van der Waals surface area contributed by atoms with Gasteiger partial charge < -0.3 is 13.9 Å². The van der Waals surface area contributed by atoms with Crippen LogP contribution in [-0.4, -0.2) is 27.6 Å². The number of fused-ring (bicyclic) bond motifs is 1. The summed E-state index contributed by atoms with van der Waals surface area (Å²) in [5, 5.41) is 0. The Morgan fingerprint density at radius 2 is 1.83 bits per heavy atom. The maximum absolute atomic E-state index is 12.6. The van der Waals surface area contributed by atoms with Crippen LogP contribution in [-0.2, 0) is 10.0 Å². The Kier molecular flexibility index (Phi) is 3.94. The maximum atomic E-state index is 12.6. The summed E-state index contributed by atoms with van der Waals surface area (Å²) in [7, 11) is -1.04. The van der Waals surface area contributed by atoms with Gasteiger partial charge in [0.25, 0.3) is 10.0 Å². The molecule has 0 atom stereocenters. The quantitative estimate of drug-likeness (QED) is 0.727. The van der Waals surface area contributed by atoms with Crippen molar-refractivity contribution in [1.29, 1.82) is 0 Å². The fourth-order valence-electron chi connectivity index (χ4n) is 2.24. The lowest BCUT2D eigenvalue weighted by Gasteiger charge is -2.11. The molecule has 0 saturated carbocycles. The van der Waals surface area contributed by atoms with Gasteiger partial charge in [0.05, 0.1) is 30.3 Å². The number of hydrogen-bond donors (Lipinski definition) is 2. The second-order valence-electron chi connectivity index (χ2n) is 4.82. The van der Waals surface area contributed by atoms with E-state index in [0.29, 0.717) is 11.3 Å². The van der Waals surface area contributed by atoms with Crippen molar-refractivity contribution in [3.8, 4) is 11.5 Å². The van der Waals surface area contributed by atoms with Gasteiger partial charge in [-0.15, -0.1) is 0 Å². The zero-order valence-electron chi connectivity index (χ0n) is 12.8. The highest BCUT2D eigenvalue weighted by Crippen LogP contribution is 2.31. The Morgan fingerprint density at radius 3 is 2.54 bits per heavy atom. The van der Waals surface area contributed by atoms with E-state index in [0.717, 1.165) is 0 Å². The van der Waals surface area contributed by atoms with Crippen LogP contribution in [0.15, 0.2) is 50.5 Å². The fourth-order valence-corrected chi connectivity index (χ4v) is 3.32. The maximum Gasteiger partial charge on any atom is 0.417 e. The first kappa shape index (κ1) is 15.9. The second kappa shape index (κ2) is 5.93. The number of aromatic amines is 1. The molecular formula is C15H14N2O6S. The third kappa shape index (κ3) is 2.81. The number of nitrogens with one attached hydrogen (secondary N) is 2. The summed E-state index contributed by atoms with van der Waals surface area (Å²) in [6, 6.07) is 8.92. The van der Waals surface area contributed by atoms with Gasteiger partial charge in [0.1, 0.15) is 0 Å². The van der Waals surface area contributed by atoms with E-state index in [1.807, 2.05) is 0 Å². The first-order valence-electron chi connectivity index (χ1n) is 6.81. The summed E-state index contributed by atoms with van der Waals surface area (Å²) >= 11 is 0. The second-order valence-corrected chi connectivity index (χ2v) is 6.50. The average Bonchev–Trinajstić information content (AvgIpc) is 2.95. The van der Waals surface area contributed by atoms with Gasteiger partial charge >= 0.3 is 5.76 Å². The number of hydrogen-bond acceptors (Lipinski definition) is 6. The van der Waals surface area contributed by atoms with Crippen LogP contribution in [0.1, 0.15) is 0 Å². The van der Waals surface area contributed by atoms with E-state index in [1.54, 1.807) is 12.1 Å². The van der Waals surface area contributed by atoms with Crippen molar-refractivity contribution in [3.05, 3.63) is 46.9 Å². The van der Waals surface area contributed by atoms with Crippen LogP contribution >= 0.6 is 0 Å². The first-order valence-corrected chi connectivity index (χ1v) is 8.29. The van der Waals surface area contributed by atoms with Crippen molar-refractivity contribution in [1.82, 2.24) is 4.98 Å². The number of benzene rings is 2. The summed E-state index contributed by atoms with van der Waals surface area (Å²) in [5.41, 5.74) is 0.680. The van der Waals surface area contributed by atoms with E-state index in [9.17, 15) is 13.2 Å². The van der Waals surface area contributed by atoms with Gasteiger partial charge in [-0.2, -0.15) is 0 Å². The molecule has 0 aliphatic carbocycles. The third-order valence-electron chi connectivity index (χ3n) is 3.36. The van der Waals surface area contributed by atoms with Gasteiger partial charge in [0.2, 0.25) is 0 Å². The van der Waals surface area contributed by atoms with E-state index in [2.05, 4.69) is 9.71 Å². The molecule has 9 heteroatoms. The Balaban J connectivity index is 2.03. The summed E-state index contributed by atoms with van der Waals surface area (Å²) in [6.45, 7) is 0. The van der Waals surface area contributed by atoms with Gasteiger partial charge in [0, 0.05) is 6.07 Å². The number of methoxy groups -OCH3 is 2. The van der Waals surface area contributed by atoms with Crippen LogP contribution in [0.25, 0.3) is 11.1 Å². The van der Waals surface area contributed by atoms with Gasteiger partial charge in [-0.25, -0.2) is 13.2 Å². The van der Waals surface area contributed by atoms with E-state index in [-0.39, 0.29) is 21.9 Å². The van der Waals surface area contributed by atoms with Crippen molar-refractivity contribution in [2.24, 2.45) is 0 Å². The predicted octanol–water partition coefficient (Wildman–Crippen LogP) is 1.94. The van der Waals surface area contributed by atoms with Crippen LogP contribution in [0.2, 0.25) is 0 Å². The van der Waals surface area contributed by atoms with E-state index in [1.165, 1.54) is 38.5 Å². The molecule has 1 aromatic heterocycles. The Morgan fingerprint density at radius 1 is 1.08 bits per heavy atom. The first-order chi connectivity index (χ1) is 11.4. The molecular weight excluding hydrogens is 336 g/mol. The van der Waals surface area contributed by atoms with Crippen molar-refractivity contribution in [3.63, 3.8) is 0 Å². The van der Waals surface area contributed by atoms with Gasteiger partial charge in [0.15, 0.2) is 17.1 Å². The van der Waals surface area contributed by atoms with Crippen LogP contribution in [0.5, 0.6) is 11.5 Å². The number of anilines is 1. The minimum atomic E-state index is -3.91. The lowest BCUT2D eigenvalue weighted by atomic mass is 10.3. The smallest absolute Gasteiger partial charge is 0.417 e. The molecule has 0 spiro atoms. The molecule has 0 bridgehead atoms. The molecule has 24 heavy (non-hydrogen) atoms. The Hall–Kier alpha value is -2.94. The molecule has 1 heterocycles. The highest BCUT2D eigenvalue weighted by molar-refractivity contribution is 7.92.